The van der Waals surface area contributed by atoms with E-state index in [-0.39, 0.29) is 5.97 Å². The van der Waals surface area contributed by atoms with Crippen LogP contribution in [0.3, 0.4) is 0 Å². The molecular formula is C12H13N3O2. The molecule has 0 saturated carbocycles. The van der Waals surface area contributed by atoms with Crippen LogP contribution in [0.15, 0.2) is 24.4 Å². The molecule has 2 aromatic rings. The van der Waals surface area contributed by atoms with Gasteiger partial charge in [0.15, 0.2) is 0 Å². The van der Waals surface area contributed by atoms with Gasteiger partial charge < -0.3 is 4.74 Å². The molecule has 2 aromatic heterocycles. The number of fused-ring (bicyclic) bond motifs is 1. The third kappa shape index (κ3) is 2.50. The first-order valence-electron chi connectivity index (χ1n) is 5.37. The summed E-state index contributed by atoms with van der Waals surface area (Å²) in [6.07, 6.45) is 4.90. The highest BCUT2D eigenvalue weighted by Crippen LogP contribution is 2.09. The Morgan fingerprint density at radius 3 is 3.12 bits per heavy atom. The summed E-state index contributed by atoms with van der Waals surface area (Å²) in [6.45, 7) is 4.05. The number of hydrogen-bond acceptors (Lipinski definition) is 4. The van der Waals surface area contributed by atoms with Gasteiger partial charge >= 0.3 is 5.97 Å². The lowest BCUT2D eigenvalue weighted by Crippen LogP contribution is -1.98. The maximum absolute atomic E-state index is 11.1. The Hall–Kier alpha value is -2.17. The lowest BCUT2D eigenvalue weighted by Gasteiger charge is -1.97. The molecule has 17 heavy (non-hydrogen) atoms. The first kappa shape index (κ1) is 11.3. The molecule has 5 nitrogen and oxygen atoms in total. The molecule has 0 spiro atoms. The van der Waals surface area contributed by atoms with Gasteiger partial charge in [0.2, 0.25) is 0 Å². The second-order valence-corrected chi connectivity index (χ2v) is 3.55. The highest BCUT2D eigenvalue weighted by molar-refractivity contribution is 5.87. The van der Waals surface area contributed by atoms with E-state index in [0.717, 1.165) is 16.8 Å². The maximum Gasteiger partial charge on any atom is 0.330 e. The van der Waals surface area contributed by atoms with Gasteiger partial charge in [-0.3, -0.25) is 0 Å². The fourth-order valence-corrected chi connectivity index (χ4v) is 1.49. The van der Waals surface area contributed by atoms with Crippen molar-refractivity contribution >= 4 is 17.6 Å². The van der Waals surface area contributed by atoms with E-state index in [9.17, 15) is 4.79 Å². The summed E-state index contributed by atoms with van der Waals surface area (Å²) in [5.74, 6) is -0.345. The first-order valence-corrected chi connectivity index (χ1v) is 5.37. The topological polar surface area (TPSA) is 56.5 Å². The number of aryl methyl sites for hydroxylation is 1. The minimum atomic E-state index is -0.345. The van der Waals surface area contributed by atoms with Crippen molar-refractivity contribution in [2.45, 2.75) is 13.8 Å². The zero-order valence-corrected chi connectivity index (χ0v) is 9.75. The molecule has 0 amide bonds. The van der Waals surface area contributed by atoms with Crippen LogP contribution in [0.4, 0.5) is 0 Å². The SMILES string of the molecule is CCOC(=O)C=Cc1ccc2c(C)nnn2c1. The van der Waals surface area contributed by atoms with Gasteiger partial charge in [0.1, 0.15) is 0 Å². The minimum Gasteiger partial charge on any atom is -0.463 e. The Labute approximate surface area is 98.7 Å². The normalized spacial score (nSPS) is 11.2. The van der Waals surface area contributed by atoms with Crippen LogP contribution < -0.4 is 0 Å². The molecule has 2 rings (SSSR count). The van der Waals surface area contributed by atoms with E-state index in [1.54, 1.807) is 17.5 Å². The molecule has 88 valence electrons. The molecule has 0 unspecified atom stereocenters. The van der Waals surface area contributed by atoms with Crippen LogP contribution in [0, 0.1) is 6.92 Å². The predicted octanol–water partition coefficient (Wildman–Crippen LogP) is 1.61. The van der Waals surface area contributed by atoms with E-state index in [2.05, 4.69) is 10.3 Å². The van der Waals surface area contributed by atoms with Crippen molar-refractivity contribution in [1.82, 2.24) is 14.8 Å². The van der Waals surface area contributed by atoms with E-state index in [4.69, 9.17) is 4.74 Å². The van der Waals surface area contributed by atoms with Crippen LogP contribution in [-0.2, 0) is 9.53 Å². The quantitative estimate of drug-likeness (QED) is 0.595. The lowest BCUT2D eigenvalue weighted by atomic mass is 10.2. The van der Waals surface area contributed by atoms with Crippen molar-refractivity contribution in [2.24, 2.45) is 0 Å². The molecule has 0 aliphatic carbocycles. The van der Waals surface area contributed by atoms with Gasteiger partial charge in [-0.1, -0.05) is 11.3 Å². The van der Waals surface area contributed by atoms with Gasteiger partial charge in [-0.15, -0.1) is 5.10 Å². The molecular weight excluding hydrogens is 218 g/mol. The molecule has 0 atom stereocenters. The monoisotopic (exact) mass is 231 g/mol. The highest BCUT2D eigenvalue weighted by Gasteiger charge is 2.00. The fourth-order valence-electron chi connectivity index (χ4n) is 1.49. The summed E-state index contributed by atoms with van der Waals surface area (Å²) >= 11 is 0. The summed E-state index contributed by atoms with van der Waals surface area (Å²) in [5.41, 5.74) is 2.71. The van der Waals surface area contributed by atoms with E-state index < -0.39 is 0 Å². The lowest BCUT2D eigenvalue weighted by molar-refractivity contribution is -0.137. The largest absolute Gasteiger partial charge is 0.463 e. The van der Waals surface area contributed by atoms with Gasteiger partial charge in [0.05, 0.1) is 17.8 Å². The highest BCUT2D eigenvalue weighted by atomic mass is 16.5. The van der Waals surface area contributed by atoms with E-state index >= 15 is 0 Å². The fraction of sp³-hybridized carbons (Fsp3) is 0.250. The average molecular weight is 231 g/mol. The molecule has 0 aromatic carbocycles. The average Bonchev–Trinajstić information content (AvgIpc) is 2.69. The summed E-state index contributed by atoms with van der Waals surface area (Å²) in [5, 5.41) is 7.92. The summed E-state index contributed by atoms with van der Waals surface area (Å²) in [6, 6.07) is 3.82. The van der Waals surface area contributed by atoms with Crippen LogP contribution in [0.25, 0.3) is 11.6 Å². The van der Waals surface area contributed by atoms with Gasteiger partial charge in [-0.25, -0.2) is 9.31 Å². The number of hydrogen-bond donors (Lipinski definition) is 0. The van der Waals surface area contributed by atoms with Gasteiger partial charge in [-0.2, -0.15) is 0 Å². The molecule has 5 heteroatoms. The molecule has 2 heterocycles. The Kier molecular flexibility index (Phi) is 3.18. The Morgan fingerprint density at radius 1 is 1.53 bits per heavy atom. The molecule has 0 aliphatic heterocycles. The van der Waals surface area contributed by atoms with E-state index in [1.165, 1.54) is 6.08 Å². The van der Waals surface area contributed by atoms with Crippen molar-refractivity contribution in [2.75, 3.05) is 6.61 Å². The number of aromatic nitrogens is 3. The smallest absolute Gasteiger partial charge is 0.330 e. The Balaban J connectivity index is 2.22. The predicted molar refractivity (Wildman–Crippen MR) is 63.4 cm³/mol. The maximum atomic E-state index is 11.1. The number of carbonyl (C=O) groups excluding carboxylic acids is 1. The van der Waals surface area contributed by atoms with E-state index in [1.807, 2.05) is 25.3 Å². The summed E-state index contributed by atoms with van der Waals surface area (Å²) in [7, 11) is 0. The third-order valence-corrected chi connectivity index (χ3v) is 2.31. The van der Waals surface area contributed by atoms with Crippen LogP contribution in [0.2, 0.25) is 0 Å². The number of nitrogens with zero attached hydrogens (tertiary/aromatic N) is 3. The second-order valence-electron chi connectivity index (χ2n) is 3.55. The summed E-state index contributed by atoms with van der Waals surface area (Å²) < 4.78 is 6.48. The summed E-state index contributed by atoms with van der Waals surface area (Å²) in [4.78, 5) is 11.1. The third-order valence-electron chi connectivity index (χ3n) is 2.31. The zero-order valence-electron chi connectivity index (χ0n) is 9.75. The zero-order chi connectivity index (χ0) is 12.3. The van der Waals surface area contributed by atoms with Gasteiger partial charge in [0.25, 0.3) is 0 Å². The standard InChI is InChI=1S/C12H13N3O2/c1-3-17-12(16)7-5-10-4-6-11-9(2)13-14-15(11)8-10/h4-8H,3H2,1-2H3. The molecule has 0 saturated heterocycles. The van der Waals surface area contributed by atoms with E-state index in [0.29, 0.717) is 6.61 Å². The van der Waals surface area contributed by atoms with Crippen LogP contribution in [0.1, 0.15) is 18.2 Å². The van der Waals surface area contributed by atoms with Crippen LogP contribution in [-0.4, -0.2) is 27.4 Å². The molecule has 0 fully saturated rings. The van der Waals surface area contributed by atoms with Crippen molar-refractivity contribution in [1.29, 1.82) is 0 Å². The van der Waals surface area contributed by atoms with Crippen LogP contribution in [0.5, 0.6) is 0 Å². The number of pyridine rings is 1. The molecule has 0 radical (unpaired) electrons. The molecule has 0 aliphatic rings. The van der Waals surface area contributed by atoms with Crippen LogP contribution >= 0.6 is 0 Å². The van der Waals surface area contributed by atoms with Gasteiger partial charge in [-0.05, 0) is 31.6 Å². The van der Waals surface area contributed by atoms with Crippen molar-refractivity contribution < 1.29 is 9.53 Å². The molecule has 0 bridgehead atoms. The number of carbonyl (C=O) groups is 1. The number of esters is 1. The Morgan fingerprint density at radius 2 is 2.35 bits per heavy atom. The van der Waals surface area contributed by atoms with Crippen molar-refractivity contribution in [3.63, 3.8) is 0 Å². The first-order chi connectivity index (χ1) is 8.20. The van der Waals surface area contributed by atoms with Crippen molar-refractivity contribution in [3.8, 4) is 0 Å². The Bertz CT molecular complexity index is 572. The van der Waals surface area contributed by atoms with Gasteiger partial charge in [0, 0.05) is 12.3 Å². The molecule has 0 N–H and O–H groups in total. The number of rotatable bonds is 3. The number of ether oxygens (including phenoxy) is 1. The van der Waals surface area contributed by atoms with Crippen molar-refractivity contribution in [3.05, 3.63) is 35.7 Å². The minimum absolute atomic E-state index is 0.345. The second kappa shape index (κ2) is 4.78.